The van der Waals surface area contributed by atoms with Crippen molar-refractivity contribution >= 4 is 21.6 Å². The van der Waals surface area contributed by atoms with Crippen LogP contribution in [0.4, 0.5) is 5.69 Å². The molecule has 2 heterocycles. The van der Waals surface area contributed by atoms with E-state index in [0.29, 0.717) is 49.5 Å². The molecule has 1 fully saturated rings. The van der Waals surface area contributed by atoms with Gasteiger partial charge in [0.25, 0.3) is 5.91 Å². The Morgan fingerprint density at radius 1 is 1.08 bits per heavy atom. The maximum Gasteiger partial charge on any atom is 0.334 e. The summed E-state index contributed by atoms with van der Waals surface area (Å²) in [4.78, 5) is 29.5. The third-order valence-corrected chi connectivity index (χ3v) is 7.47. The number of aromatic nitrogens is 2. The minimum atomic E-state index is -3.62. The average Bonchev–Trinajstić information content (AvgIpc) is 3.16. The fourth-order valence-electron chi connectivity index (χ4n) is 4.41. The van der Waals surface area contributed by atoms with E-state index in [0.717, 1.165) is 0 Å². The Labute approximate surface area is 211 Å². The van der Waals surface area contributed by atoms with Crippen LogP contribution in [0.1, 0.15) is 23.8 Å². The van der Waals surface area contributed by atoms with Gasteiger partial charge in [-0.25, -0.2) is 13.2 Å². The number of benzene rings is 2. The number of piperazine rings is 1. The quantitative estimate of drug-likeness (QED) is 0.432. The average molecular weight is 510 g/mol. The predicted octanol–water partition coefficient (Wildman–Crippen LogP) is 2.69. The number of sulfonamides is 1. The van der Waals surface area contributed by atoms with Crippen molar-refractivity contribution in [3.05, 3.63) is 83.4 Å². The Bertz CT molecular complexity index is 1400. The lowest BCUT2D eigenvalue weighted by molar-refractivity contribution is 0.0726. The van der Waals surface area contributed by atoms with Crippen LogP contribution in [0.25, 0.3) is 16.9 Å². The molecule has 1 saturated heterocycles. The van der Waals surface area contributed by atoms with Crippen molar-refractivity contribution in [3.8, 4) is 16.9 Å². The molecular weight excluding hydrogens is 478 g/mol. The summed E-state index contributed by atoms with van der Waals surface area (Å²) in [6.45, 7) is 8.08. The van der Waals surface area contributed by atoms with Crippen molar-refractivity contribution in [2.75, 3.05) is 36.7 Å². The van der Waals surface area contributed by atoms with Crippen molar-refractivity contribution in [2.45, 2.75) is 19.9 Å². The van der Waals surface area contributed by atoms with Gasteiger partial charge in [0, 0.05) is 38.3 Å². The maximum atomic E-state index is 13.9. The molecule has 0 unspecified atom stereocenters. The number of para-hydroxylation sites is 2. The van der Waals surface area contributed by atoms with Crippen LogP contribution in [0, 0.1) is 0 Å². The molecule has 1 aliphatic rings. The monoisotopic (exact) mass is 509 g/mol. The summed E-state index contributed by atoms with van der Waals surface area (Å²) < 4.78 is 30.7. The highest BCUT2D eigenvalue weighted by Crippen LogP contribution is 2.31. The molecule has 3 aromatic rings. The van der Waals surface area contributed by atoms with Crippen LogP contribution in [0.2, 0.25) is 0 Å². The molecule has 0 spiro atoms. The van der Waals surface area contributed by atoms with Crippen LogP contribution in [0.5, 0.6) is 0 Å². The smallest absolute Gasteiger partial charge is 0.334 e. The van der Waals surface area contributed by atoms with E-state index in [1.165, 1.54) is 9.13 Å². The van der Waals surface area contributed by atoms with Crippen LogP contribution in [-0.2, 0) is 16.6 Å². The molecule has 4 rings (SSSR count). The van der Waals surface area contributed by atoms with Gasteiger partial charge in [-0.05, 0) is 18.6 Å². The summed E-state index contributed by atoms with van der Waals surface area (Å²) in [6, 6.07) is 15.9. The zero-order valence-electron chi connectivity index (χ0n) is 20.3. The van der Waals surface area contributed by atoms with E-state index < -0.39 is 15.7 Å². The number of nitrogens with zero attached hydrogens (tertiary/aromatic N) is 3. The maximum absolute atomic E-state index is 13.9. The molecule has 36 heavy (non-hydrogen) atoms. The molecule has 10 heteroatoms. The van der Waals surface area contributed by atoms with Crippen LogP contribution in [-0.4, -0.2) is 60.3 Å². The standard InChI is InChI=1S/C26H31N5O4S/c1-3-16-30-24(25(32)29-17-14-27-15-18-29)23(20-10-6-5-7-11-20)31(26(30)33)22-13-9-8-12-21(22)28-36(34,35)19-4-2/h3,5-13,27-28H,1,4,14-19H2,2H3. The third-order valence-electron chi connectivity index (χ3n) is 5.99. The Hall–Kier alpha value is -3.63. The third kappa shape index (κ3) is 5.14. The van der Waals surface area contributed by atoms with E-state index in [1.807, 2.05) is 30.3 Å². The second-order valence-corrected chi connectivity index (χ2v) is 10.4. The Balaban J connectivity index is 2.01. The molecular formula is C26H31N5O4S. The summed E-state index contributed by atoms with van der Waals surface area (Å²) in [5, 5.41) is 3.24. The first-order valence-corrected chi connectivity index (χ1v) is 13.6. The second kappa shape index (κ2) is 11.0. The number of hydrogen-bond donors (Lipinski definition) is 2. The number of carbonyl (C=O) groups is 1. The first-order valence-electron chi connectivity index (χ1n) is 12.0. The molecule has 9 nitrogen and oxygen atoms in total. The molecule has 0 atom stereocenters. The molecule has 190 valence electrons. The lowest BCUT2D eigenvalue weighted by Crippen LogP contribution is -2.47. The van der Waals surface area contributed by atoms with Gasteiger partial charge in [0.05, 0.1) is 22.8 Å². The summed E-state index contributed by atoms with van der Waals surface area (Å²) in [7, 11) is -3.62. The van der Waals surface area contributed by atoms with E-state index in [4.69, 9.17) is 0 Å². The van der Waals surface area contributed by atoms with Crippen LogP contribution >= 0.6 is 0 Å². The summed E-state index contributed by atoms with van der Waals surface area (Å²) in [6.07, 6.45) is 2.02. The first kappa shape index (κ1) is 25.5. The van der Waals surface area contributed by atoms with E-state index in [2.05, 4.69) is 16.6 Å². The number of carbonyl (C=O) groups excluding carboxylic acids is 1. The van der Waals surface area contributed by atoms with Gasteiger partial charge in [-0.3, -0.25) is 18.7 Å². The topological polar surface area (TPSA) is 105 Å². The van der Waals surface area contributed by atoms with Crippen LogP contribution in [0.3, 0.4) is 0 Å². The van der Waals surface area contributed by atoms with E-state index >= 15 is 0 Å². The summed E-state index contributed by atoms with van der Waals surface area (Å²) >= 11 is 0. The highest BCUT2D eigenvalue weighted by Gasteiger charge is 2.31. The number of rotatable bonds is 9. The van der Waals surface area contributed by atoms with Gasteiger partial charge in [0.2, 0.25) is 10.0 Å². The van der Waals surface area contributed by atoms with Gasteiger partial charge in [-0.15, -0.1) is 6.58 Å². The van der Waals surface area contributed by atoms with Gasteiger partial charge in [-0.1, -0.05) is 55.5 Å². The van der Waals surface area contributed by atoms with Crippen molar-refractivity contribution in [3.63, 3.8) is 0 Å². The predicted molar refractivity (Wildman–Crippen MR) is 142 cm³/mol. The Morgan fingerprint density at radius 2 is 1.75 bits per heavy atom. The highest BCUT2D eigenvalue weighted by molar-refractivity contribution is 7.92. The van der Waals surface area contributed by atoms with Crippen LogP contribution in [0.15, 0.2) is 72.0 Å². The molecule has 2 aromatic carbocycles. The van der Waals surface area contributed by atoms with Gasteiger partial charge < -0.3 is 10.2 Å². The molecule has 0 radical (unpaired) electrons. The van der Waals surface area contributed by atoms with Gasteiger partial charge in [0.1, 0.15) is 5.69 Å². The lowest BCUT2D eigenvalue weighted by atomic mass is 10.1. The fraction of sp³-hybridized carbons (Fsp3) is 0.308. The first-order chi connectivity index (χ1) is 17.4. The highest BCUT2D eigenvalue weighted by atomic mass is 32.2. The number of anilines is 1. The molecule has 2 N–H and O–H groups in total. The van der Waals surface area contributed by atoms with Crippen molar-refractivity contribution in [1.82, 2.24) is 19.4 Å². The molecule has 0 aliphatic carbocycles. The summed E-state index contributed by atoms with van der Waals surface area (Å²) in [5.74, 6) is -0.302. The van der Waals surface area contributed by atoms with Gasteiger partial charge in [-0.2, -0.15) is 0 Å². The summed E-state index contributed by atoms with van der Waals surface area (Å²) in [5.41, 5.74) is 1.49. The molecule has 0 bridgehead atoms. The van der Waals surface area contributed by atoms with E-state index in [-0.39, 0.29) is 29.6 Å². The minimum Gasteiger partial charge on any atom is -0.335 e. The minimum absolute atomic E-state index is 0.0496. The Kier molecular flexibility index (Phi) is 7.76. The number of allylic oxidation sites excluding steroid dienone is 1. The largest absolute Gasteiger partial charge is 0.335 e. The van der Waals surface area contributed by atoms with Crippen molar-refractivity contribution in [1.29, 1.82) is 0 Å². The van der Waals surface area contributed by atoms with Crippen LogP contribution < -0.4 is 15.7 Å². The van der Waals surface area contributed by atoms with E-state index in [1.54, 1.807) is 42.2 Å². The van der Waals surface area contributed by atoms with Crippen molar-refractivity contribution < 1.29 is 13.2 Å². The number of nitrogens with one attached hydrogen (secondary N) is 2. The normalized spacial score (nSPS) is 14.0. The number of imidazole rings is 1. The Morgan fingerprint density at radius 3 is 2.42 bits per heavy atom. The van der Waals surface area contributed by atoms with Crippen molar-refractivity contribution in [2.24, 2.45) is 0 Å². The second-order valence-electron chi connectivity index (χ2n) is 8.56. The fourth-order valence-corrected chi connectivity index (χ4v) is 5.55. The SMILES string of the molecule is C=CCn1c(C(=O)N2CCNCC2)c(-c2ccccc2)n(-c2ccccc2NS(=O)(=O)CCC)c1=O. The number of hydrogen-bond acceptors (Lipinski definition) is 5. The molecule has 0 saturated carbocycles. The molecule has 1 amide bonds. The molecule has 1 aromatic heterocycles. The number of amides is 1. The lowest BCUT2D eigenvalue weighted by Gasteiger charge is -2.28. The zero-order chi connectivity index (χ0) is 25.7. The van der Waals surface area contributed by atoms with Gasteiger partial charge >= 0.3 is 5.69 Å². The van der Waals surface area contributed by atoms with Gasteiger partial charge in [0.15, 0.2) is 0 Å². The molecule has 1 aliphatic heterocycles. The zero-order valence-corrected chi connectivity index (χ0v) is 21.1. The van der Waals surface area contributed by atoms with E-state index in [9.17, 15) is 18.0 Å².